The largest absolute Gasteiger partial charge is 0.480 e. The maximum Gasteiger partial charge on any atom is 0.411 e. The molecule has 1 amide bonds. The van der Waals surface area contributed by atoms with E-state index in [2.05, 4.69) is 6.92 Å². The summed E-state index contributed by atoms with van der Waals surface area (Å²) in [5, 5.41) is 9.27. The van der Waals surface area contributed by atoms with Gasteiger partial charge in [0.25, 0.3) is 0 Å². The number of carboxylic acids is 1. The number of hydrogen-bond acceptors (Lipinski definition) is 4. The lowest BCUT2D eigenvalue weighted by Crippen LogP contribution is -2.46. The van der Waals surface area contributed by atoms with Crippen LogP contribution in [0.2, 0.25) is 0 Å². The number of amides is 1. The number of nitrogens with zero attached hydrogens (tertiary/aromatic N) is 1. The minimum Gasteiger partial charge on any atom is -0.480 e. The van der Waals surface area contributed by atoms with Gasteiger partial charge in [-0.25, -0.2) is 9.59 Å². The molecule has 6 nitrogen and oxygen atoms in total. The van der Waals surface area contributed by atoms with Crippen molar-refractivity contribution in [1.82, 2.24) is 4.90 Å². The van der Waals surface area contributed by atoms with Crippen molar-refractivity contribution >= 4 is 17.8 Å². The van der Waals surface area contributed by atoms with Crippen LogP contribution in [0.25, 0.3) is 0 Å². The normalized spacial score (nSPS) is 12.4. The number of unbranched alkanes of at least 4 members (excludes halogenated alkanes) is 12. The van der Waals surface area contributed by atoms with Gasteiger partial charge >= 0.3 is 12.1 Å². The Morgan fingerprint density at radius 3 is 1.62 bits per heavy atom. The van der Waals surface area contributed by atoms with Gasteiger partial charge in [-0.05, 0) is 34.1 Å². The van der Waals surface area contributed by atoms with E-state index in [1.54, 1.807) is 20.8 Å². The van der Waals surface area contributed by atoms with Gasteiger partial charge in [-0.15, -0.1) is 0 Å². The summed E-state index contributed by atoms with van der Waals surface area (Å²) >= 11 is 0. The Balaban J connectivity index is 3.93. The van der Waals surface area contributed by atoms with Crippen LogP contribution in [-0.2, 0) is 14.3 Å². The van der Waals surface area contributed by atoms with Crippen LogP contribution in [0.5, 0.6) is 0 Å². The zero-order valence-electron chi connectivity index (χ0n) is 21.4. The second-order valence-electron chi connectivity index (χ2n) is 9.97. The molecule has 0 aliphatic rings. The number of carbonyl (C=O) groups excluding carboxylic acids is 2. The Kier molecular flexibility index (Phi) is 17.0. The van der Waals surface area contributed by atoms with Crippen LogP contribution in [0.15, 0.2) is 0 Å². The quantitative estimate of drug-likeness (QED) is 0.209. The fourth-order valence-electron chi connectivity index (χ4n) is 3.61. The zero-order valence-corrected chi connectivity index (χ0v) is 21.4. The van der Waals surface area contributed by atoms with Gasteiger partial charge in [-0.3, -0.25) is 9.69 Å². The van der Waals surface area contributed by atoms with Crippen molar-refractivity contribution in [1.29, 1.82) is 0 Å². The van der Waals surface area contributed by atoms with Gasteiger partial charge in [0.1, 0.15) is 17.4 Å². The van der Waals surface area contributed by atoms with Gasteiger partial charge in [0.2, 0.25) is 0 Å². The van der Waals surface area contributed by atoms with Crippen LogP contribution in [0, 0.1) is 0 Å². The lowest BCUT2D eigenvalue weighted by molar-refractivity contribution is -0.142. The molecular weight excluding hydrogens is 406 g/mol. The number of ether oxygens (including phenoxy) is 1. The highest BCUT2D eigenvalue weighted by Crippen LogP contribution is 2.15. The number of carboxylic acid groups (broad SMARTS) is 1. The second-order valence-corrected chi connectivity index (χ2v) is 9.97. The van der Waals surface area contributed by atoms with Crippen molar-refractivity contribution in [3.05, 3.63) is 0 Å². The molecule has 0 aromatic heterocycles. The van der Waals surface area contributed by atoms with Crippen molar-refractivity contribution in [3.63, 3.8) is 0 Å². The molecule has 0 heterocycles. The molecule has 0 aliphatic heterocycles. The predicted molar refractivity (Wildman–Crippen MR) is 130 cm³/mol. The van der Waals surface area contributed by atoms with Crippen molar-refractivity contribution in [2.75, 3.05) is 6.54 Å². The number of carbonyl (C=O) groups is 3. The Morgan fingerprint density at radius 1 is 0.781 bits per heavy atom. The van der Waals surface area contributed by atoms with Crippen LogP contribution in [0.4, 0.5) is 4.79 Å². The van der Waals surface area contributed by atoms with E-state index in [-0.39, 0.29) is 18.7 Å². The number of hydrogen-bond donors (Lipinski definition) is 1. The molecule has 0 unspecified atom stereocenters. The average Bonchev–Trinajstić information content (AvgIpc) is 2.70. The van der Waals surface area contributed by atoms with Crippen LogP contribution < -0.4 is 0 Å². The first-order chi connectivity index (χ1) is 15.1. The minimum atomic E-state index is -1.11. The van der Waals surface area contributed by atoms with Gasteiger partial charge in [0, 0.05) is 19.4 Å². The summed E-state index contributed by atoms with van der Waals surface area (Å²) in [7, 11) is 0. The van der Waals surface area contributed by atoms with Gasteiger partial charge in [0.15, 0.2) is 0 Å². The Bertz CT molecular complexity index is 527. The summed E-state index contributed by atoms with van der Waals surface area (Å²) in [4.78, 5) is 37.0. The van der Waals surface area contributed by atoms with Gasteiger partial charge in [-0.1, -0.05) is 84.0 Å². The van der Waals surface area contributed by atoms with E-state index >= 15 is 0 Å². The van der Waals surface area contributed by atoms with Crippen molar-refractivity contribution in [3.8, 4) is 0 Å². The molecule has 0 aromatic carbocycles. The number of Topliss-reactive ketones (excluding diaryl/α,β-unsaturated/α-hetero) is 1. The summed E-state index contributed by atoms with van der Waals surface area (Å²) in [6.07, 6.45) is 16.3. The van der Waals surface area contributed by atoms with Gasteiger partial charge in [-0.2, -0.15) is 0 Å². The maximum absolute atomic E-state index is 12.3. The molecule has 0 radical (unpaired) electrons. The van der Waals surface area contributed by atoms with Gasteiger partial charge in [0.05, 0.1) is 0 Å². The highest BCUT2D eigenvalue weighted by molar-refractivity contribution is 5.82. The van der Waals surface area contributed by atoms with Crippen LogP contribution in [0.3, 0.4) is 0 Å². The number of aliphatic carboxylic acids is 1. The van der Waals surface area contributed by atoms with E-state index < -0.39 is 23.7 Å². The summed E-state index contributed by atoms with van der Waals surface area (Å²) in [6.45, 7) is 8.94. The molecule has 0 saturated heterocycles. The van der Waals surface area contributed by atoms with Crippen molar-refractivity contribution in [2.24, 2.45) is 0 Å². The molecule has 0 spiro atoms. The van der Waals surface area contributed by atoms with E-state index in [0.717, 1.165) is 24.2 Å². The predicted octanol–water partition coefficient (Wildman–Crippen LogP) is 7.14. The molecule has 0 bridgehead atoms. The first-order valence-corrected chi connectivity index (χ1v) is 12.8. The molecule has 0 aliphatic carbocycles. The van der Waals surface area contributed by atoms with E-state index in [9.17, 15) is 19.5 Å². The Hall–Kier alpha value is -1.59. The third-order valence-corrected chi connectivity index (χ3v) is 5.64. The smallest absolute Gasteiger partial charge is 0.411 e. The molecule has 0 rings (SSSR count). The third kappa shape index (κ3) is 17.0. The fraction of sp³-hybridized carbons (Fsp3) is 0.885. The van der Waals surface area contributed by atoms with Crippen LogP contribution in [0.1, 0.15) is 131 Å². The molecule has 188 valence electrons. The second kappa shape index (κ2) is 17.9. The first kappa shape index (κ1) is 30.4. The van der Waals surface area contributed by atoms with Crippen LogP contribution in [-0.4, -0.2) is 46.0 Å². The molecule has 0 aromatic rings. The van der Waals surface area contributed by atoms with Crippen molar-refractivity contribution < 1.29 is 24.2 Å². The SMILES string of the molecule is CCCCCCCCCCCCCCCC(=O)CCN(C(=O)OC(C)(C)C)[C@@H](C)C(=O)O. The molecule has 0 fully saturated rings. The Morgan fingerprint density at radius 2 is 1.22 bits per heavy atom. The monoisotopic (exact) mass is 455 g/mol. The molecule has 0 saturated carbocycles. The summed E-state index contributed by atoms with van der Waals surface area (Å²) in [6, 6.07) is -1.03. The standard InChI is InChI=1S/C26H49NO5/c1-6-7-8-9-10-11-12-13-14-15-16-17-18-19-23(28)20-21-27(22(2)24(29)30)25(31)32-26(3,4)5/h22H,6-21H2,1-5H3,(H,29,30)/t22-/m0/s1. The van der Waals surface area contributed by atoms with Crippen LogP contribution >= 0.6 is 0 Å². The molecular formula is C26H49NO5. The zero-order chi connectivity index (χ0) is 24.4. The number of ketones is 1. The molecule has 1 N–H and O–H groups in total. The lowest BCUT2D eigenvalue weighted by atomic mass is 10.0. The van der Waals surface area contributed by atoms with Crippen molar-refractivity contribution in [2.45, 2.75) is 143 Å². The number of rotatable bonds is 19. The van der Waals surface area contributed by atoms with E-state index in [0.29, 0.717) is 6.42 Å². The highest BCUT2D eigenvalue weighted by atomic mass is 16.6. The third-order valence-electron chi connectivity index (χ3n) is 5.64. The summed E-state index contributed by atoms with van der Waals surface area (Å²) in [5.41, 5.74) is -0.716. The van der Waals surface area contributed by atoms with E-state index in [4.69, 9.17) is 4.74 Å². The van der Waals surface area contributed by atoms with Gasteiger partial charge < -0.3 is 9.84 Å². The Labute approximate surface area is 196 Å². The molecule has 6 heteroatoms. The summed E-state index contributed by atoms with van der Waals surface area (Å²) in [5.74, 6) is -1.04. The molecule has 1 atom stereocenters. The minimum absolute atomic E-state index is 0.0687. The average molecular weight is 456 g/mol. The maximum atomic E-state index is 12.3. The highest BCUT2D eigenvalue weighted by Gasteiger charge is 2.29. The molecule has 32 heavy (non-hydrogen) atoms. The van der Waals surface area contributed by atoms with E-state index in [1.165, 1.54) is 71.1 Å². The van der Waals surface area contributed by atoms with E-state index in [1.807, 2.05) is 0 Å². The fourth-order valence-corrected chi connectivity index (χ4v) is 3.61. The first-order valence-electron chi connectivity index (χ1n) is 12.8. The summed E-state index contributed by atoms with van der Waals surface area (Å²) < 4.78 is 5.30. The lowest BCUT2D eigenvalue weighted by Gasteiger charge is -2.29. The topological polar surface area (TPSA) is 83.9 Å².